The number of nitrogens with one attached hydrogen (secondary N) is 1. The highest BCUT2D eigenvalue weighted by Gasteiger charge is 2.36. The number of rotatable bonds is 5. The Morgan fingerprint density at radius 1 is 1.42 bits per heavy atom. The molecule has 0 amide bonds. The molecule has 1 aromatic carbocycles. The van der Waals surface area contributed by atoms with Crippen LogP contribution in [0.3, 0.4) is 0 Å². The molecule has 1 aromatic rings. The molecule has 0 bridgehead atoms. The van der Waals surface area contributed by atoms with Crippen LogP contribution in [0.15, 0.2) is 12.1 Å². The fourth-order valence-corrected chi connectivity index (χ4v) is 1.55. The summed E-state index contributed by atoms with van der Waals surface area (Å²) in [5, 5.41) is 11.7. The monoisotopic (exact) mass is 301 g/mol. The molecule has 0 fully saturated rings. The van der Waals surface area contributed by atoms with E-state index in [1.807, 2.05) is 0 Å². The summed E-state index contributed by atoms with van der Waals surface area (Å²) < 4.78 is 56.0. The van der Waals surface area contributed by atoms with Gasteiger partial charge in [-0.3, -0.25) is 0 Å². The highest BCUT2D eigenvalue weighted by molar-refractivity contribution is 6.18. The lowest BCUT2D eigenvalue weighted by Gasteiger charge is -2.18. The predicted molar refractivity (Wildman–Crippen MR) is 63.2 cm³/mol. The summed E-state index contributed by atoms with van der Waals surface area (Å²) in [6.45, 7) is -0.124. The summed E-state index contributed by atoms with van der Waals surface area (Å²) >= 11 is 5.35. The number of benzene rings is 1. The first-order valence-corrected chi connectivity index (χ1v) is 5.75. The van der Waals surface area contributed by atoms with Crippen molar-refractivity contribution in [2.24, 2.45) is 0 Å². The van der Waals surface area contributed by atoms with Gasteiger partial charge in [-0.15, -0.1) is 11.6 Å². The van der Waals surface area contributed by atoms with E-state index in [4.69, 9.17) is 11.6 Å². The van der Waals surface area contributed by atoms with E-state index < -0.39 is 29.4 Å². The summed E-state index contributed by atoms with van der Waals surface area (Å²) in [5.41, 5.74) is -1.42. The summed E-state index contributed by atoms with van der Waals surface area (Å²) in [7, 11) is 1.05. The molecule has 0 aliphatic carbocycles. The van der Waals surface area contributed by atoms with Gasteiger partial charge in [0.05, 0.1) is 24.8 Å². The first kappa shape index (κ1) is 15.8. The standard InChI is InChI=1S/C11H12ClF4NO2/c1-19-10-8(11(14,15)16)2-6(13)3-9(10)17-5-7(18)4-12/h2-3,7,17-18H,4-5H2,1H3. The van der Waals surface area contributed by atoms with Crippen LogP contribution in [0.1, 0.15) is 5.56 Å². The summed E-state index contributed by atoms with van der Waals surface area (Å²) in [6, 6.07) is 1.21. The molecular weight excluding hydrogens is 290 g/mol. The molecule has 1 atom stereocenters. The zero-order valence-corrected chi connectivity index (χ0v) is 10.6. The van der Waals surface area contributed by atoms with Crippen molar-refractivity contribution in [3.8, 4) is 5.75 Å². The van der Waals surface area contributed by atoms with Crippen molar-refractivity contribution in [3.63, 3.8) is 0 Å². The van der Waals surface area contributed by atoms with E-state index in [0.29, 0.717) is 6.07 Å². The van der Waals surface area contributed by atoms with Crippen molar-refractivity contribution >= 4 is 17.3 Å². The molecular formula is C11H12ClF4NO2. The maximum atomic E-state index is 13.2. The normalized spacial score (nSPS) is 13.2. The molecule has 0 aliphatic rings. The SMILES string of the molecule is COc1c(NCC(O)CCl)cc(F)cc1C(F)(F)F. The molecule has 0 spiro atoms. The largest absolute Gasteiger partial charge is 0.494 e. The number of halogens is 5. The first-order valence-electron chi connectivity index (χ1n) is 5.22. The molecule has 3 nitrogen and oxygen atoms in total. The molecule has 1 unspecified atom stereocenters. The molecule has 108 valence electrons. The minimum absolute atomic E-state index is 0.100. The Hall–Kier alpha value is -1.21. The van der Waals surface area contributed by atoms with Gasteiger partial charge >= 0.3 is 6.18 Å². The number of aliphatic hydroxyl groups is 1. The second kappa shape index (κ2) is 6.29. The van der Waals surface area contributed by atoms with Crippen LogP contribution in [0.5, 0.6) is 5.75 Å². The van der Waals surface area contributed by atoms with E-state index in [-0.39, 0.29) is 18.1 Å². The van der Waals surface area contributed by atoms with Gasteiger partial charge in [-0.25, -0.2) is 4.39 Å². The number of ether oxygens (including phenoxy) is 1. The average molecular weight is 302 g/mol. The van der Waals surface area contributed by atoms with Crippen molar-refractivity contribution < 1.29 is 27.4 Å². The van der Waals surface area contributed by atoms with Crippen LogP contribution < -0.4 is 10.1 Å². The van der Waals surface area contributed by atoms with Gasteiger partial charge in [-0.05, 0) is 6.07 Å². The van der Waals surface area contributed by atoms with Crippen molar-refractivity contribution in [1.82, 2.24) is 0 Å². The van der Waals surface area contributed by atoms with Crippen LogP contribution >= 0.6 is 11.6 Å². The third kappa shape index (κ3) is 4.14. The minimum atomic E-state index is -4.74. The number of hydrogen-bond acceptors (Lipinski definition) is 3. The van der Waals surface area contributed by atoms with E-state index in [1.165, 1.54) is 0 Å². The maximum Gasteiger partial charge on any atom is 0.420 e. The molecule has 8 heteroatoms. The summed E-state index contributed by atoms with van der Waals surface area (Å²) in [4.78, 5) is 0. The van der Waals surface area contributed by atoms with Gasteiger partial charge < -0.3 is 15.2 Å². The first-order chi connectivity index (χ1) is 8.79. The molecule has 0 heterocycles. The molecule has 0 aromatic heterocycles. The number of anilines is 1. The van der Waals surface area contributed by atoms with Crippen molar-refractivity contribution in [2.45, 2.75) is 12.3 Å². The van der Waals surface area contributed by atoms with Crippen LogP contribution in [0, 0.1) is 5.82 Å². The van der Waals surface area contributed by atoms with Gasteiger partial charge in [-0.1, -0.05) is 0 Å². The van der Waals surface area contributed by atoms with Crippen molar-refractivity contribution in [2.75, 3.05) is 24.9 Å². The number of hydrogen-bond donors (Lipinski definition) is 2. The van der Waals surface area contributed by atoms with E-state index in [1.54, 1.807) is 0 Å². The quantitative estimate of drug-likeness (QED) is 0.649. The highest BCUT2D eigenvalue weighted by atomic mass is 35.5. The topological polar surface area (TPSA) is 41.5 Å². The fraction of sp³-hybridized carbons (Fsp3) is 0.455. The third-order valence-corrected chi connectivity index (χ3v) is 2.63. The minimum Gasteiger partial charge on any atom is -0.494 e. The number of alkyl halides is 4. The molecule has 2 N–H and O–H groups in total. The second-order valence-electron chi connectivity index (χ2n) is 3.72. The zero-order chi connectivity index (χ0) is 14.6. The van der Waals surface area contributed by atoms with Gasteiger partial charge in [0.15, 0.2) is 5.75 Å². The summed E-state index contributed by atoms with van der Waals surface area (Å²) in [6.07, 6.45) is -5.71. The molecule has 0 saturated carbocycles. The highest BCUT2D eigenvalue weighted by Crippen LogP contribution is 2.41. The lowest BCUT2D eigenvalue weighted by Crippen LogP contribution is -2.21. The van der Waals surface area contributed by atoms with Gasteiger partial charge in [-0.2, -0.15) is 13.2 Å². The van der Waals surface area contributed by atoms with Crippen LogP contribution in [0.2, 0.25) is 0 Å². The molecule has 1 rings (SSSR count). The van der Waals surface area contributed by atoms with E-state index in [2.05, 4.69) is 10.1 Å². The second-order valence-corrected chi connectivity index (χ2v) is 4.03. The maximum absolute atomic E-state index is 13.2. The van der Waals surface area contributed by atoms with Crippen LogP contribution in [0.25, 0.3) is 0 Å². The number of aliphatic hydroxyl groups excluding tert-OH is 1. The summed E-state index contributed by atoms with van der Waals surface area (Å²) in [5.74, 6) is -1.69. The van der Waals surface area contributed by atoms with E-state index >= 15 is 0 Å². The number of methoxy groups -OCH3 is 1. The predicted octanol–water partition coefficient (Wildman–Crippen LogP) is 2.86. The Morgan fingerprint density at radius 2 is 2.05 bits per heavy atom. The molecule has 0 saturated heterocycles. The van der Waals surface area contributed by atoms with Crippen LogP contribution in [0.4, 0.5) is 23.2 Å². The Labute approximate surface area is 112 Å². The Kier molecular flexibility index (Phi) is 5.25. The van der Waals surface area contributed by atoms with E-state index in [0.717, 1.165) is 13.2 Å². The van der Waals surface area contributed by atoms with E-state index in [9.17, 15) is 22.7 Å². The molecule has 0 aliphatic heterocycles. The van der Waals surface area contributed by atoms with Crippen molar-refractivity contribution in [1.29, 1.82) is 0 Å². The van der Waals surface area contributed by atoms with Gasteiger partial charge in [0.25, 0.3) is 0 Å². The average Bonchev–Trinajstić information content (AvgIpc) is 2.34. The van der Waals surface area contributed by atoms with Crippen molar-refractivity contribution in [3.05, 3.63) is 23.5 Å². The lowest BCUT2D eigenvalue weighted by atomic mass is 10.1. The molecule has 0 radical (unpaired) electrons. The lowest BCUT2D eigenvalue weighted by molar-refractivity contribution is -0.138. The fourth-order valence-electron chi connectivity index (χ4n) is 1.44. The third-order valence-electron chi connectivity index (χ3n) is 2.27. The Morgan fingerprint density at radius 3 is 2.53 bits per heavy atom. The Bertz CT molecular complexity index is 439. The smallest absolute Gasteiger partial charge is 0.420 e. The Balaban J connectivity index is 3.13. The molecule has 19 heavy (non-hydrogen) atoms. The van der Waals surface area contributed by atoms with Gasteiger partial charge in [0, 0.05) is 12.6 Å². The van der Waals surface area contributed by atoms with Gasteiger partial charge in [0.1, 0.15) is 11.4 Å². The van der Waals surface area contributed by atoms with Crippen LogP contribution in [-0.4, -0.2) is 30.7 Å². The van der Waals surface area contributed by atoms with Gasteiger partial charge in [0.2, 0.25) is 0 Å². The zero-order valence-electron chi connectivity index (χ0n) is 9.89. The van der Waals surface area contributed by atoms with Crippen LogP contribution in [-0.2, 0) is 6.18 Å².